The predicted octanol–water partition coefficient (Wildman–Crippen LogP) is 1.92. The van der Waals surface area contributed by atoms with E-state index >= 15 is 0 Å². The van der Waals surface area contributed by atoms with Gasteiger partial charge in [0.15, 0.2) is 5.96 Å². The molecule has 1 aromatic carbocycles. The predicted molar refractivity (Wildman–Crippen MR) is 92.4 cm³/mol. The summed E-state index contributed by atoms with van der Waals surface area (Å²) in [5.41, 5.74) is 1.15. The molecule has 22 heavy (non-hydrogen) atoms. The molecule has 0 heterocycles. The van der Waals surface area contributed by atoms with Gasteiger partial charge in [-0.1, -0.05) is 29.8 Å². The van der Waals surface area contributed by atoms with Gasteiger partial charge in [-0.15, -0.1) is 0 Å². The largest absolute Gasteiger partial charge is 0.357 e. The van der Waals surface area contributed by atoms with E-state index in [4.69, 9.17) is 11.6 Å². The summed E-state index contributed by atoms with van der Waals surface area (Å²) in [7, 11) is 3.45. The van der Waals surface area contributed by atoms with Crippen LogP contribution in [0.15, 0.2) is 29.3 Å². The lowest BCUT2D eigenvalue weighted by molar-refractivity contribution is -0.127. The third kappa shape index (κ3) is 6.80. The van der Waals surface area contributed by atoms with Crippen molar-refractivity contribution in [3.8, 4) is 0 Å². The van der Waals surface area contributed by atoms with Crippen molar-refractivity contribution in [2.45, 2.75) is 19.8 Å². The number of hydrogen-bond acceptors (Lipinski definition) is 2. The molecule has 0 aliphatic rings. The number of nitrogens with zero attached hydrogens (tertiary/aromatic N) is 2. The molecule has 1 aromatic rings. The topological polar surface area (TPSA) is 56.7 Å². The van der Waals surface area contributed by atoms with Gasteiger partial charge in [0.25, 0.3) is 0 Å². The van der Waals surface area contributed by atoms with Crippen LogP contribution in [0.5, 0.6) is 0 Å². The zero-order valence-corrected chi connectivity index (χ0v) is 14.3. The van der Waals surface area contributed by atoms with Crippen LogP contribution >= 0.6 is 11.6 Å². The number of nitrogens with one attached hydrogen (secondary N) is 2. The first-order valence-corrected chi connectivity index (χ1v) is 7.88. The van der Waals surface area contributed by atoms with Crippen LogP contribution in [0.4, 0.5) is 0 Å². The molecule has 6 heteroatoms. The number of guanidine groups is 1. The Morgan fingerprint density at radius 2 is 2.00 bits per heavy atom. The first-order valence-electron chi connectivity index (χ1n) is 7.50. The highest BCUT2D eigenvalue weighted by Gasteiger charge is 2.04. The Kier molecular flexibility index (Phi) is 8.36. The third-order valence-electron chi connectivity index (χ3n) is 3.09. The molecule has 1 rings (SSSR count). The van der Waals surface area contributed by atoms with E-state index in [-0.39, 0.29) is 12.5 Å². The van der Waals surface area contributed by atoms with Crippen LogP contribution in [0, 0.1) is 0 Å². The van der Waals surface area contributed by atoms with E-state index in [1.54, 1.807) is 14.1 Å². The highest BCUT2D eigenvalue weighted by atomic mass is 35.5. The maximum Gasteiger partial charge on any atom is 0.243 e. The maximum atomic E-state index is 11.6. The van der Waals surface area contributed by atoms with Crippen molar-refractivity contribution in [1.82, 2.24) is 15.5 Å². The minimum absolute atomic E-state index is 0.0201. The van der Waals surface area contributed by atoms with Crippen LogP contribution in [0.3, 0.4) is 0 Å². The SMILES string of the molecule is CCNC(=NCC(=O)N(C)C)NCCCc1ccccc1Cl. The Morgan fingerprint density at radius 1 is 1.27 bits per heavy atom. The summed E-state index contributed by atoms with van der Waals surface area (Å²) in [6, 6.07) is 7.87. The number of hydrogen-bond donors (Lipinski definition) is 2. The first-order chi connectivity index (χ1) is 10.5. The fourth-order valence-electron chi connectivity index (χ4n) is 1.82. The van der Waals surface area contributed by atoms with Gasteiger partial charge in [-0.25, -0.2) is 4.99 Å². The molecular formula is C16H25ClN4O. The quantitative estimate of drug-likeness (QED) is 0.458. The van der Waals surface area contributed by atoms with Gasteiger partial charge in [-0.2, -0.15) is 0 Å². The van der Waals surface area contributed by atoms with E-state index in [1.807, 2.05) is 31.2 Å². The fourth-order valence-corrected chi connectivity index (χ4v) is 2.05. The van der Waals surface area contributed by atoms with Gasteiger partial charge < -0.3 is 15.5 Å². The van der Waals surface area contributed by atoms with Crippen molar-refractivity contribution in [1.29, 1.82) is 0 Å². The van der Waals surface area contributed by atoms with Gasteiger partial charge in [0.2, 0.25) is 5.91 Å². The number of halogens is 1. The van der Waals surface area contributed by atoms with Gasteiger partial charge in [-0.05, 0) is 31.4 Å². The van der Waals surface area contributed by atoms with Crippen LogP contribution < -0.4 is 10.6 Å². The molecule has 0 atom stereocenters. The summed E-state index contributed by atoms with van der Waals surface area (Å²) in [6.45, 7) is 3.67. The highest BCUT2D eigenvalue weighted by Crippen LogP contribution is 2.16. The minimum atomic E-state index is -0.0201. The average Bonchev–Trinajstić information content (AvgIpc) is 2.50. The van der Waals surface area contributed by atoms with Crippen LogP contribution in [-0.4, -0.2) is 50.5 Å². The number of carbonyl (C=O) groups excluding carboxylic acids is 1. The first kappa shape index (κ1) is 18.3. The van der Waals surface area contributed by atoms with E-state index in [0.29, 0.717) is 5.96 Å². The molecule has 1 amide bonds. The smallest absolute Gasteiger partial charge is 0.243 e. The number of aliphatic imine (C=N–C) groups is 1. The second kappa shape index (κ2) is 10.1. The summed E-state index contributed by atoms with van der Waals surface area (Å²) >= 11 is 6.13. The molecular weight excluding hydrogens is 300 g/mol. The van der Waals surface area contributed by atoms with Crippen molar-refractivity contribution >= 4 is 23.5 Å². The lowest BCUT2D eigenvalue weighted by Gasteiger charge is -2.12. The normalized spacial score (nSPS) is 11.2. The van der Waals surface area contributed by atoms with Gasteiger partial charge >= 0.3 is 0 Å². The zero-order chi connectivity index (χ0) is 16.4. The number of amides is 1. The van der Waals surface area contributed by atoms with Crippen LogP contribution in [-0.2, 0) is 11.2 Å². The van der Waals surface area contributed by atoms with E-state index in [1.165, 1.54) is 4.90 Å². The van der Waals surface area contributed by atoms with Gasteiger partial charge in [0.1, 0.15) is 6.54 Å². The number of aryl methyl sites for hydroxylation is 1. The summed E-state index contributed by atoms with van der Waals surface area (Å²) in [5.74, 6) is 0.644. The van der Waals surface area contributed by atoms with Gasteiger partial charge in [0, 0.05) is 32.2 Å². The summed E-state index contributed by atoms with van der Waals surface area (Å²) in [4.78, 5) is 17.4. The average molecular weight is 325 g/mol. The minimum Gasteiger partial charge on any atom is -0.357 e. The second-order valence-electron chi connectivity index (χ2n) is 5.11. The lowest BCUT2D eigenvalue weighted by atomic mass is 10.1. The van der Waals surface area contributed by atoms with Crippen molar-refractivity contribution in [2.75, 3.05) is 33.7 Å². The molecule has 0 aliphatic heterocycles. The van der Waals surface area contributed by atoms with Crippen LogP contribution in [0.1, 0.15) is 18.9 Å². The summed E-state index contributed by atoms with van der Waals surface area (Å²) in [5, 5.41) is 7.16. The van der Waals surface area contributed by atoms with E-state index in [2.05, 4.69) is 15.6 Å². The number of rotatable bonds is 7. The van der Waals surface area contributed by atoms with Gasteiger partial charge in [0.05, 0.1) is 0 Å². The van der Waals surface area contributed by atoms with Crippen LogP contribution in [0.25, 0.3) is 0 Å². The van der Waals surface area contributed by atoms with Gasteiger partial charge in [-0.3, -0.25) is 4.79 Å². The van der Waals surface area contributed by atoms with Crippen molar-refractivity contribution in [3.63, 3.8) is 0 Å². The number of carbonyl (C=O) groups is 1. The molecule has 0 bridgehead atoms. The van der Waals surface area contributed by atoms with E-state index < -0.39 is 0 Å². The fraction of sp³-hybridized carbons (Fsp3) is 0.500. The molecule has 0 fully saturated rings. The standard InChI is InChI=1S/C16H25ClN4O/c1-4-18-16(20-12-15(22)21(2)3)19-11-7-9-13-8-5-6-10-14(13)17/h5-6,8,10H,4,7,9,11-12H2,1-3H3,(H2,18,19,20). The lowest BCUT2D eigenvalue weighted by Crippen LogP contribution is -2.39. The number of likely N-dealkylation sites (N-methyl/N-ethyl adjacent to an activating group) is 1. The molecule has 0 unspecified atom stereocenters. The van der Waals surface area contributed by atoms with E-state index in [9.17, 15) is 4.79 Å². The molecule has 122 valence electrons. The van der Waals surface area contributed by atoms with Crippen molar-refractivity contribution < 1.29 is 4.79 Å². The molecule has 0 aliphatic carbocycles. The molecule has 0 radical (unpaired) electrons. The van der Waals surface area contributed by atoms with Crippen LogP contribution in [0.2, 0.25) is 5.02 Å². The van der Waals surface area contributed by atoms with E-state index in [0.717, 1.165) is 36.5 Å². The Labute approximate surface area is 137 Å². The Bertz CT molecular complexity index is 503. The zero-order valence-electron chi connectivity index (χ0n) is 13.5. The molecule has 0 saturated carbocycles. The molecule has 0 saturated heterocycles. The van der Waals surface area contributed by atoms with Crippen molar-refractivity contribution in [3.05, 3.63) is 34.9 Å². The maximum absolute atomic E-state index is 11.6. The monoisotopic (exact) mass is 324 g/mol. The summed E-state index contributed by atoms with van der Waals surface area (Å²) < 4.78 is 0. The number of benzene rings is 1. The Hall–Kier alpha value is -1.75. The third-order valence-corrected chi connectivity index (χ3v) is 3.46. The molecule has 0 spiro atoms. The second-order valence-corrected chi connectivity index (χ2v) is 5.51. The van der Waals surface area contributed by atoms with Crippen molar-refractivity contribution in [2.24, 2.45) is 4.99 Å². The summed E-state index contributed by atoms with van der Waals surface area (Å²) in [6.07, 6.45) is 1.85. The molecule has 5 nitrogen and oxygen atoms in total. The molecule has 0 aromatic heterocycles. The highest BCUT2D eigenvalue weighted by molar-refractivity contribution is 6.31. The Balaban J connectivity index is 2.39. The molecule has 2 N–H and O–H groups in total. The Morgan fingerprint density at radius 3 is 2.64 bits per heavy atom.